The number of fused-ring (bicyclic) bond motifs is 1. The lowest BCUT2D eigenvalue weighted by Gasteiger charge is -2.11. The van der Waals surface area contributed by atoms with Gasteiger partial charge in [0.15, 0.2) is 6.61 Å². The molecule has 5 nitrogen and oxygen atoms in total. The molecule has 3 aromatic rings. The number of carbonyl (C=O) groups is 2. The minimum absolute atomic E-state index is 0.330. The number of rotatable bonds is 7. The number of thioether (sulfide) groups is 1. The summed E-state index contributed by atoms with van der Waals surface area (Å²) in [7, 11) is 0. The molecule has 0 unspecified atom stereocenters. The number of para-hydroxylation sites is 1. The molecule has 0 radical (unpaired) electrons. The summed E-state index contributed by atoms with van der Waals surface area (Å²) >= 11 is 1.65. The molecule has 2 aromatic carbocycles. The zero-order valence-corrected chi connectivity index (χ0v) is 16.5. The Kier molecular flexibility index (Phi) is 6.55. The lowest BCUT2D eigenvalue weighted by Crippen LogP contribution is -2.30. The summed E-state index contributed by atoms with van der Waals surface area (Å²) in [6.07, 6.45) is 4.97. The third-order valence-electron chi connectivity index (χ3n) is 4.12. The van der Waals surface area contributed by atoms with Gasteiger partial charge in [0.1, 0.15) is 11.3 Å². The molecule has 1 amide bonds. The fraction of sp³-hybridized carbons (Fsp3) is 0.182. The molecule has 0 aliphatic rings. The van der Waals surface area contributed by atoms with E-state index in [1.807, 2.05) is 67.8 Å². The largest absolute Gasteiger partial charge is 0.459 e. The van der Waals surface area contributed by atoms with Crippen LogP contribution in [0, 0.1) is 0 Å². The van der Waals surface area contributed by atoms with Gasteiger partial charge in [-0.3, -0.25) is 4.79 Å². The highest BCUT2D eigenvalue weighted by molar-refractivity contribution is 7.98. The first-order valence-corrected chi connectivity index (χ1v) is 10.0. The third-order valence-corrected chi connectivity index (χ3v) is 4.87. The van der Waals surface area contributed by atoms with Gasteiger partial charge in [-0.25, -0.2) is 4.79 Å². The predicted molar refractivity (Wildman–Crippen MR) is 111 cm³/mol. The quantitative estimate of drug-likeness (QED) is 0.360. The monoisotopic (exact) mass is 395 g/mol. The molecule has 0 bridgehead atoms. The van der Waals surface area contributed by atoms with Gasteiger partial charge in [-0.15, -0.1) is 11.8 Å². The molecule has 0 aliphatic heterocycles. The number of amides is 1. The van der Waals surface area contributed by atoms with Gasteiger partial charge in [0.05, 0.1) is 6.04 Å². The minimum atomic E-state index is -0.569. The Morgan fingerprint density at radius 3 is 2.64 bits per heavy atom. The fourth-order valence-electron chi connectivity index (χ4n) is 2.63. The summed E-state index contributed by atoms with van der Waals surface area (Å²) in [5, 5.41) is 3.74. The molecule has 1 atom stereocenters. The van der Waals surface area contributed by atoms with Crippen LogP contribution in [-0.4, -0.2) is 24.7 Å². The maximum absolute atomic E-state index is 12.0. The molecule has 0 spiro atoms. The average Bonchev–Trinajstić information content (AvgIpc) is 3.15. The first kappa shape index (κ1) is 19.8. The van der Waals surface area contributed by atoms with Gasteiger partial charge in [-0.1, -0.05) is 30.3 Å². The van der Waals surface area contributed by atoms with Crippen molar-refractivity contribution in [2.45, 2.75) is 17.9 Å². The molecule has 1 heterocycles. The standard InChI is InChI=1S/C22H21NO4S/c1-15(20-13-17-5-3-4-6-19(17)27-20)23-21(24)14-26-22(25)12-9-16-7-10-18(28-2)11-8-16/h3-13,15H,14H2,1-2H3,(H,23,24)/b12-9+/t15-/m0/s1. The maximum Gasteiger partial charge on any atom is 0.331 e. The minimum Gasteiger partial charge on any atom is -0.459 e. The summed E-state index contributed by atoms with van der Waals surface area (Å²) in [5.74, 6) is -0.311. The number of hydrogen-bond donors (Lipinski definition) is 1. The highest BCUT2D eigenvalue weighted by Gasteiger charge is 2.15. The zero-order valence-electron chi connectivity index (χ0n) is 15.7. The van der Waals surface area contributed by atoms with E-state index >= 15 is 0 Å². The molecule has 0 aliphatic carbocycles. The van der Waals surface area contributed by atoms with Gasteiger partial charge in [0.2, 0.25) is 0 Å². The van der Waals surface area contributed by atoms with Crippen molar-refractivity contribution in [1.82, 2.24) is 5.32 Å². The van der Waals surface area contributed by atoms with Gasteiger partial charge in [0, 0.05) is 16.4 Å². The molecule has 3 rings (SSSR count). The van der Waals surface area contributed by atoms with Crippen LogP contribution in [0.5, 0.6) is 0 Å². The van der Waals surface area contributed by atoms with Crippen LogP contribution in [0.2, 0.25) is 0 Å². The van der Waals surface area contributed by atoms with Crippen molar-refractivity contribution < 1.29 is 18.7 Å². The molecule has 0 saturated carbocycles. The Morgan fingerprint density at radius 2 is 1.93 bits per heavy atom. The van der Waals surface area contributed by atoms with Crippen LogP contribution in [0.1, 0.15) is 24.3 Å². The zero-order chi connectivity index (χ0) is 19.9. The number of ether oxygens (including phenoxy) is 1. The normalized spacial score (nSPS) is 12.2. The first-order valence-electron chi connectivity index (χ1n) is 8.82. The molecule has 0 saturated heterocycles. The second-order valence-corrected chi connectivity index (χ2v) is 7.07. The van der Waals surface area contributed by atoms with E-state index < -0.39 is 5.97 Å². The first-order chi connectivity index (χ1) is 13.5. The topological polar surface area (TPSA) is 68.5 Å². The summed E-state index contributed by atoms with van der Waals surface area (Å²) in [4.78, 5) is 25.0. The number of benzene rings is 2. The van der Waals surface area contributed by atoms with E-state index in [0.717, 1.165) is 21.4 Å². The van der Waals surface area contributed by atoms with Crippen molar-refractivity contribution in [3.63, 3.8) is 0 Å². The van der Waals surface area contributed by atoms with Crippen molar-refractivity contribution in [2.75, 3.05) is 12.9 Å². The van der Waals surface area contributed by atoms with Crippen LogP contribution in [0.3, 0.4) is 0 Å². The second kappa shape index (κ2) is 9.28. The van der Waals surface area contributed by atoms with Crippen LogP contribution in [0.15, 0.2) is 70.0 Å². The lowest BCUT2D eigenvalue weighted by molar-refractivity contribution is -0.144. The van der Waals surface area contributed by atoms with E-state index in [-0.39, 0.29) is 18.6 Å². The van der Waals surface area contributed by atoms with Crippen molar-refractivity contribution >= 4 is 40.7 Å². The average molecular weight is 395 g/mol. The van der Waals surface area contributed by atoms with Crippen LogP contribution < -0.4 is 5.32 Å². The Balaban J connectivity index is 1.47. The predicted octanol–water partition coefficient (Wildman–Crippen LogP) is 4.59. The van der Waals surface area contributed by atoms with Crippen molar-refractivity contribution in [1.29, 1.82) is 0 Å². The number of furan rings is 1. The second-order valence-electron chi connectivity index (χ2n) is 6.19. The Bertz CT molecular complexity index is 958. The number of esters is 1. The highest BCUT2D eigenvalue weighted by Crippen LogP contribution is 2.23. The molecule has 6 heteroatoms. The van der Waals surface area contributed by atoms with Crippen LogP contribution in [0.4, 0.5) is 0 Å². The summed E-state index contributed by atoms with van der Waals surface area (Å²) in [6, 6.07) is 17.0. The summed E-state index contributed by atoms with van der Waals surface area (Å²) in [5.41, 5.74) is 1.65. The Hall–Kier alpha value is -2.99. The van der Waals surface area contributed by atoms with Crippen molar-refractivity contribution in [3.05, 3.63) is 72.0 Å². The summed E-state index contributed by atoms with van der Waals surface area (Å²) in [6.45, 7) is 1.47. The molecule has 0 fully saturated rings. The summed E-state index contributed by atoms with van der Waals surface area (Å²) < 4.78 is 10.7. The molecule has 144 valence electrons. The van der Waals surface area contributed by atoms with Gasteiger partial charge in [0.25, 0.3) is 5.91 Å². The van der Waals surface area contributed by atoms with Crippen molar-refractivity contribution in [2.24, 2.45) is 0 Å². The van der Waals surface area contributed by atoms with Gasteiger partial charge < -0.3 is 14.5 Å². The number of hydrogen-bond acceptors (Lipinski definition) is 5. The number of carbonyl (C=O) groups excluding carboxylic acids is 2. The smallest absolute Gasteiger partial charge is 0.331 e. The van der Waals surface area contributed by atoms with E-state index in [2.05, 4.69) is 5.32 Å². The van der Waals surface area contributed by atoms with Crippen LogP contribution in [-0.2, 0) is 14.3 Å². The molecular weight excluding hydrogens is 374 g/mol. The highest BCUT2D eigenvalue weighted by atomic mass is 32.2. The van der Waals surface area contributed by atoms with Crippen LogP contribution in [0.25, 0.3) is 17.0 Å². The molecule has 1 N–H and O–H groups in total. The van der Waals surface area contributed by atoms with E-state index in [0.29, 0.717) is 5.76 Å². The Labute approximate surface area is 167 Å². The van der Waals surface area contributed by atoms with Gasteiger partial charge >= 0.3 is 5.97 Å². The van der Waals surface area contributed by atoms with E-state index in [9.17, 15) is 9.59 Å². The Morgan fingerprint density at radius 1 is 1.18 bits per heavy atom. The van der Waals surface area contributed by atoms with Gasteiger partial charge in [-0.2, -0.15) is 0 Å². The fourth-order valence-corrected chi connectivity index (χ4v) is 3.04. The van der Waals surface area contributed by atoms with E-state index in [4.69, 9.17) is 9.15 Å². The van der Waals surface area contributed by atoms with E-state index in [1.54, 1.807) is 17.8 Å². The molecule has 1 aromatic heterocycles. The third kappa shape index (κ3) is 5.27. The SMILES string of the molecule is CSc1ccc(/C=C/C(=O)OCC(=O)N[C@@H](C)c2cc3ccccc3o2)cc1. The molecular formula is C22H21NO4S. The molecule has 28 heavy (non-hydrogen) atoms. The number of nitrogens with one attached hydrogen (secondary N) is 1. The van der Waals surface area contributed by atoms with Crippen molar-refractivity contribution in [3.8, 4) is 0 Å². The van der Waals surface area contributed by atoms with E-state index in [1.165, 1.54) is 6.08 Å². The maximum atomic E-state index is 12.0. The lowest BCUT2D eigenvalue weighted by atomic mass is 10.2. The van der Waals surface area contributed by atoms with Crippen LogP contribution >= 0.6 is 11.8 Å². The van der Waals surface area contributed by atoms with Gasteiger partial charge in [-0.05, 0) is 49.1 Å².